The summed E-state index contributed by atoms with van der Waals surface area (Å²) in [6.45, 7) is 1.70. The number of aryl methyl sites for hydroxylation is 1. The van der Waals surface area contributed by atoms with Gasteiger partial charge in [-0.2, -0.15) is 0 Å². The van der Waals surface area contributed by atoms with E-state index in [9.17, 15) is 9.59 Å². The summed E-state index contributed by atoms with van der Waals surface area (Å²) < 4.78 is 5.63. The van der Waals surface area contributed by atoms with Gasteiger partial charge >= 0.3 is 11.7 Å². The van der Waals surface area contributed by atoms with Crippen LogP contribution in [-0.2, 0) is 16.1 Å². The number of methoxy groups -OCH3 is 1. The fourth-order valence-corrected chi connectivity index (χ4v) is 0.882. The molecule has 1 aromatic rings. The van der Waals surface area contributed by atoms with E-state index in [-0.39, 0.29) is 6.54 Å². The van der Waals surface area contributed by atoms with Crippen molar-refractivity contribution < 1.29 is 9.53 Å². The summed E-state index contributed by atoms with van der Waals surface area (Å²) in [6, 6.07) is 0. The highest BCUT2D eigenvalue weighted by molar-refractivity contribution is 5.68. The van der Waals surface area contributed by atoms with Crippen molar-refractivity contribution in [1.29, 1.82) is 0 Å². The summed E-state index contributed by atoms with van der Waals surface area (Å²) in [5.41, 5.74) is 0.375. The second kappa shape index (κ2) is 3.84. The third kappa shape index (κ3) is 2.40. The highest BCUT2D eigenvalue weighted by atomic mass is 16.5. The molecular weight excluding hydrogens is 172 g/mol. The molecule has 0 atom stereocenters. The van der Waals surface area contributed by atoms with Crippen molar-refractivity contribution in [3.05, 3.63) is 28.4 Å². The molecule has 0 aliphatic heterocycles. The maximum absolute atomic E-state index is 11.1. The molecule has 5 nitrogen and oxygen atoms in total. The van der Waals surface area contributed by atoms with Crippen LogP contribution < -0.4 is 5.69 Å². The second-order valence-electron chi connectivity index (χ2n) is 2.62. The number of carbonyl (C=O) groups is 1. The van der Waals surface area contributed by atoms with Crippen LogP contribution in [0.5, 0.6) is 0 Å². The Kier molecular flexibility index (Phi) is 2.79. The van der Waals surface area contributed by atoms with Gasteiger partial charge in [-0.05, 0) is 12.5 Å². The number of ether oxygens (including phenoxy) is 1. The predicted octanol–water partition coefficient (Wildman–Crippen LogP) is -0.275. The number of carbonyl (C=O) groups excluding carboxylic acids is 1. The lowest BCUT2D eigenvalue weighted by Gasteiger charge is -2.02. The molecule has 0 aromatic carbocycles. The number of hydrogen-bond acceptors (Lipinski definition) is 4. The monoisotopic (exact) mass is 182 g/mol. The lowest BCUT2D eigenvalue weighted by atomic mass is 10.4. The van der Waals surface area contributed by atoms with Crippen LogP contribution in [0.1, 0.15) is 5.56 Å². The summed E-state index contributed by atoms with van der Waals surface area (Å²) >= 11 is 0. The lowest BCUT2D eigenvalue weighted by molar-refractivity contribution is -0.141. The summed E-state index contributed by atoms with van der Waals surface area (Å²) in [6.07, 6.45) is 3.02. The fourth-order valence-electron chi connectivity index (χ4n) is 0.882. The smallest absolute Gasteiger partial charge is 0.348 e. The van der Waals surface area contributed by atoms with Gasteiger partial charge in [0.1, 0.15) is 6.54 Å². The van der Waals surface area contributed by atoms with Crippen LogP contribution in [0.4, 0.5) is 0 Å². The van der Waals surface area contributed by atoms with Gasteiger partial charge in [0.25, 0.3) is 0 Å². The first-order valence-corrected chi connectivity index (χ1v) is 3.73. The first-order chi connectivity index (χ1) is 6.13. The van der Waals surface area contributed by atoms with E-state index >= 15 is 0 Å². The molecule has 13 heavy (non-hydrogen) atoms. The highest BCUT2D eigenvalue weighted by Crippen LogP contribution is 1.90. The minimum atomic E-state index is -0.463. The van der Waals surface area contributed by atoms with Gasteiger partial charge in [0, 0.05) is 12.4 Å². The number of rotatable bonds is 2. The normalized spacial score (nSPS) is 9.69. The molecule has 0 unspecified atom stereocenters. The molecule has 0 aliphatic rings. The van der Waals surface area contributed by atoms with Crippen LogP contribution in [0.2, 0.25) is 0 Å². The van der Waals surface area contributed by atoms with Crippen molar-refractivity contribution in [2.45, 2.75) is 13.5 Å². The average Bonchev–Trinajstić information content (AvgIpc) is 2.11. The van der Waals surface area contributed by atoms with Crippen LogP contribution in [0, 0.1) is 6.92 Å². The Morgan fingerprint density at radius 1 is 1.69 bits per heavy atom. The van der Waals surface area contributed by atoms with E-state index in [1.807, 2.05) is 0 Å². The Morgan fingerprint density at radius 2 is 2.38 bits per heavy atom. The third-order valence-electron chi connectivity index (χ3n) is 1.51. The van der Waals surface area contributed by atoms with E-state index < -0.39 is 11.7 Å². The molecule has 0 bridgehead atoms. The van der Waals surface area contributed by atoms with Gasteiger partial charge in [0.15, 0.2) is 0 Å². The fraction of sp³-hybridized carbons (Fsp3) is 0.375. The first kappa shape index (κ1) is 9.44. The maximum atomic E-state index is 11.1. The van der Waals surface area contributed by atoms with Crippen LogP contribution >= 0.6 is 0 Å². The molecule has 0 N–H and O–H groups in total. The molecule has 1 rings (SSSR count). The van der Waals surface area contributed by atoms with E-state index in [0.29, 0.717) is 0 Å². The van der Waals surface area contributed by atoms with E-state index in [4.69, 9.17) is 0 Å². The molecule has 0 radical (unpaired) electrons. The standard InChI is InChI=1S/C8H10N2O3/c1-6-3-9-8(12)10(4-6)5-7(11)13-2/h3-4H,5H2,1-2H3. The van der Waals surface area contributed by atoms with Crippen molar-refractivity contribution in [3.63, 3.8) is 0 Å². The molecule has 5 heteroatoms. The maximum Gasteiger partial charge on any atom is 0.348 e. The van der Waals surface area contributed by atoms with Crippen LogP contribution in [-0.4, -0.2) is 22.6 Å². The molecule has 1 aromatic heterocycles. The zero-order valence-electron chi connectivity index (χ0n) is 7.48. The predicted molar refractivity (Wildman–Crippen MR) is 45.3 cm³/mol. The van der Waals surface area contributed by atoms with E-state index in [2.05, 4.69) is 9.72 Å². The van der Waals surface area contributed by atoms with Gasteiger partial charge in [0.2, 0.25) is 0 Å². The van der Waals surface area contributed by atoms with Gasteiger partial charge in [-0.25, -0.2) is 9.78 Å². The Balaban J connectivity index is 2.94. The van der Waals surface area contributed by atoms with Gasteiger partial charge in [-0.15, -0.1) is 0 Å². The molecule has 1 heterocycles. The summed E-state index contributed by atoms with van der Waals surface area (Å²) in [7, 11) is 1.27. The van der Waals surface area contributed by atoms with Crippen molar-refractivity contribution in [2.24, 2.45) is 0 Å². The summed E-state index contributed by atoms with van der Waals surface area (Å²) in [4.78, 5) is 25.5. The molecule has 0 aliphatic carbocycles. The van der Waals surface area contributed by atoms with Gasteiger partial charge < -0.3 is 4.74 Å². The summed E-state index contributed by atoms with van der Waals surface area (Å²) in [5.74, 6) is -0.463. The van der Waals surface area contributed by atoms with Crippen molar-refractivity contribution >= 4 is 5.97 Å². The Morgan fingerprint density at radius 3 is 3.00 bits per heavy atom. The molecule has 0 saturated carbocycles. The van der Waals surface area contributed by atoms with Crippen LogP contribution in [0.15, 0.2) is 17.2 Å². The molecule has 0 fully saturated rings. The van der Waals surface area contributed by atoms with Gasteiger partial charge in [-0.3, -0.25) is 9.36 Å². The quantitative estimate of drug-likeness (QED) is 0.590. The third-order valence-corrected chi connectivity index (χ3v) is 1.51. The number of esters is 1. The van der Waals surface area contributed by atoms with E-state index in [1.165, 1.54) is 17.9 Å². The second-order valence-corrected chi connectivity index (χ2v) is 2.62. The molecule has 0 saturated heterocycles. The van der Waals surface area contributed by atoms with Gasteiger partial charge in [-0.1, -0.05) is 0 Å². The SMILES string of the molecule is COC(=O)Cn1cc(C)cnc1=O. The zero-order chi connectivity index (χ0) is 9.84. The molecule has 0 amide bonds. The Bertz CT molecular complexity index is 370. The number of nitrogens with zero attached hydrogens (tertiary/aromatic N) is 2. The number of aromatic nitrogens is 2. The van der Waals surface area contributed by atoms with E-state index in [0.717, 1.165) is 5.56 Å². The van der Waals surface area contributed by atoms with E-state index in [1.54, 1.807) is 13.1 Å². The largest absolute Gasteiger partial charge is 0.468 e. The van der Waals surface area contributed by atoms with Crippen molar-refractivity contribution in [1.82, 2.24) is 9.55 Å². The zero-order valence-corrected chi connectivity index (χ0v) is 7.48. The first-order valence-electron chi connectivity index (χ1n) is 3.73. The van der Waals surface area contributed by atoms with Crippen molar-refractivity contribution in [2.75, 3.05) is 7.11 Å². The average molecular weight is 182 g/mol. The minimum Gasteiger partial charge on any atom is -0.468 e. The minimum absolute atomic E-state index is 0.0932. The highest BCUT2D eigenvalue weighted by Gasteiger charge is 2.03. The topological polar surface area (TPSA) is 61.2 Å². The van der Waals surface area contributed by atoms with Crippen molar-refractivity contribution in [3.8, 4) is 0 Å². The Labute approximate surface area is 75.0 Å². The number of hydrogen-bond donors (Lipinski definition) is 0. The van der Waals surface area contributed by atoms with Crippen LogP contribution in [0.25, 0.3) is 0 Å². The van der Waals surface area contributed by atoms with Gasteiger partial charge in [0.05, 0.1) is 7.11 Å². The summed E-state index contributed by atoms with van der Waals surface area (Å²) in [5, 5.41) is 0. The Hall–Kier alpha value is -1.65. The van der Waals surface area contributed by atoms with Crippen LogP contribution in [0.3, 0.4) is 0 Å². The lowest BCUT2D eigenvalue weighted by Crippen LogP contribution is -2.26. The molecular formula is C8H10N2O3. The molecule has 70 valence electrons. The molecule has 0 spiro atoms.